The van der Waals surface area contributed by atoms with Crippen molar-refractivity contribution < 1.29 is 24.5 Å². The van der Waals surface area contributed by atoms with Gasteiger partial charge >= 0.3 is 0 Å². The maximum absolute atomic E-state index is 11.4. The highest BCUT2D eigenvalue weighted by Gasteiger charge is 2.37. The van der Waals surface area contributed by atoms with Gasteiger partial charge in [-0.25, -0.2) is 0 Å². The number of phenols is 1. The van der Waals surface area contributed by atoms with Crippen LogP contribution in [0.1, 0.15) is 28.9 Å². The Bertz CT molecular complexity index is 535. The van der Waals surface area contributed by atoms with Crippen LogP contribution in [-0.4, -0.2) is 35.8 Å². The lowest BCUT2D eigenvalue weighted by atomic mass is 9.99. The molecule has 0 spiro atoms. The van der Waals surface area contributed by atoms with Crippen LogP contribution in [0.5, 0.6) is 11.5 Å². The fraction of sp³-hybridized carbons (Fsp3) is 0.357. The number of carbonyl (C=O) groups excluding carboxylic acids is 1. The number of carbonyl (C=O) groups is 1. The molecule has 0 fully saturated rings. The number of aliphatic hydroxyl groups excluding tert-OH is 1. The van der Waals surface area contributed by atoms with E-state index in [1.807, 2.05) is 0 Å². The van der Waals surface area contributed by atoms with Gasteiger partial charge in [-0.2, -0.15) is 0 Å². The summed E-state index contributed by atoms with van der Waals surface area (Å²) >= 11 is 0. The van der Waals surface area contributed by atoms with Gasteiger partial charge in [-0.05, 0) is 24.6 Å². The lowest BCUT2D eigenvalue weighted by molar-refractivity contribution is 0.0397. The molecule has 1 aliphatic rings. The molecule has 1 aromatic carbocycles. The molecule has 2 unspecified atom stereocenters. The number of ether oxygens (including phenoxy) is 2. The Labute approximate surface area is 111 Å². The van der Waals surface area contributed by atoms with E-state index >= 15 is 0 Å². The molecule has 102 valence electrons. The summed E-state index contributed by atoms with van der Waals surface area (Å²) < 4.78 is 11.0. The third-order valence-corrected chi connectivity index (χ3v) is 3.20. The second-order valence-electron chi connectivity index (χ2n) is 4.47. The summed E-state index contributed by atoms with van der Waals surface area (Å²) in [4.78, 5) is 11.4. The fourth-order valence-corrected chi connectivity index (χ4v) is 2.19. The van der Waals surface area contributed by atoms with Crippen LogP contribution in [0.25, 0.3) is 0 Å². The molecular weight excluding hydrogens is 248 g/mol. The van der Waals surface area contributed by atoms with Crippen molar-refractivity contribution in [3.05, 3.63) is 35.4 Å². The number of hydrogen-bond donors (Lipinski definition) is 2. The standard InChI is InChI=1S/C14H16O5/c1-7(6-15)13-14(18-3)10-4-11(17)9(8(2)16)5-12(10)19-13/h4-5,13-15,17H,1,6H2,2-3H3. The molecule has 0 radical (unpaired) electrons. The third kappa shape index (κ3) is 2.22. The first-order valence-corrected chi connectivity index (χ1v) is 5.85. The summed E-state index contributed by atoms with van der Waals surface area (Å²) in [6.07, 6.45) is -0.979. The average Bonchev–Trinajstić information content (AvgIpc) is 2.73. The summed E-state index contributed by atoms with van der Waals surface area (Å²) in [6, 6.07) is 2.95. The number of fused-ring (bicyclic) bond motifs is 1. The molecular formula is C14H16O5. The zero-order chi connectivity index (χ0) is 14.2. The molecule has 0 saturated heterocycles. The SMILES string of the molecule is C=C(CO)C1Oc2cc(C(C)=O)c(O)cc2C1OC. The van der Waals surface area contributed by atoms with Crippen molar-refractivity contribution in [2.24, 2.45) is 0 Å². The van der Waals surface area contributed by atoms with Gasteiger partial charge in [0, 0.05) is 12.7 Å². The second-order valence-corrected chi connectivity index (χ2v) is 4.47. The van der Waals surface area contributed by atoms with E-state index in [9.17, 15) is 9.90 Å². The molecule has 19 heavy (non-hydrogen) atoms. The van der Waals surface area contributed by atoms with Crippen molar-refractivity contribution in [3.63, 3.8) is 0 Å². The number of hydrogen-bond acceptors (Lipinski definition) is 5. The van der Waals surface area contributed by atoms with Crippen LogP contribution in [0.3, 0.4) is 0 Å². The van der Waals surface area contributed by atoms with E-state index in [-0.39, 0.29) is 23.7 Å². The number of aromatic hydroxyl groups is 1. The van der Waals surface area contributed by atoms with E-state index in [1.54, 1.807) is 0 Å². The number of ketones is 1. The summed E-state index contributed by atoms with van der Waals surface area (Å²) in [6.45, 7) is 4.88. The number of Topliss-reactive ketones (excluding diaryl/α,β-unsaturated/α-hetero) is 1. The lowest BCUT2D eigenvalue weighted by Crippen LogP contribution is -2.23. The van der Waals surface area contributed by atoms with Crippen LogP contribution < -0.4 is 4.74 Å². The predicted octanol–water partition coefficient (Wildman–Crippen LogP) is 1.59. The molecule has 5 nitrogen and oxygen atoms in total. The van der Waals surface area contributed by atoms with E-state index in [0.717, 1.165) is 0 Å². The first-order valence-electron chi connectivity index (χ1n) is 5.85. The van der Waals surface area contributed by atoms with Crippen LogP contribution in [0.15, 0.2) is 24.3 Å². The second kappa shape index (κ2) is 5.03. The van der Waals surface area contributed by atoms with Crippen molar-refractivity contribution >= 4 is 5.78 Å². The Morgan fingerprint density at radius 1 is 1.53 bits per heavy atom. The van der Waals surface area contributed by atoms with Gasteiger partial charge in [0.15, 0.2) is 11.9 Å². The molecule has 2 rings (SSSR count). The van der Waals surface area contributed by atoms with Crippen molar-refractivity contribution in [3.8, 4) is 11.5 Å². The normalized spacial score (nSPS) is 20.8. The maximum Gasteiger partial charge on any atom is 0.163 e. The van der Waals surface area contributed by atoms with Gasteiger partial charge in [-0.1, -0.05) is 6.58 Å². The minimum absolute atomic E-state index is 0.104. The number of methoxy groups -OCH3 is 1. The van der Waals surface area contributed by atoms with E-state index in [0.29, 0.717) is 16.9 Å². The topological polar surface area (TPSA) is 76.0 Å². The van der Waals surface area contributed by atoms with Crippen LogP contribution in [0.4, 0.5) is 0 Å². The quantitative estimate of drug-likeness (QED) is 0.638. The van der Waals surface area contributed by atoms with Gasteiger partial charge in [0.1, 0.15) is 17.6 Å². The first kappa shape index (κ1) is 13.6. The zero-order valence-electron chi connectivity index (χ0n) is 10.8. The van der Waals surface area contributed by atoms with Crippen LogP contribution in [0.2, 0.25) is 0 Å². The number of phenolic OH excluding ortho intramolecular Hbond substituents is 1. The Balaban J connectivity index is 2.46. The highest BCUT2D eigenvalue weighted by atomic mass is 16.5. The van der Waals surface area contributed by atoms with Crippen molar-refractivity contribution in [2.75, 3.05) is 13.7 Å². The van der Waals surface area contributed by atoms with Crippen molar-refractivity contribution in [2.45, 2.75) is 19.1 Å². The summed E-state index contributed by atoms with van der Waals surface area (Å²) in [7, 11) is 1.51. The number of benzene rings is 1. The van der Waals surface area contributed by atoms with Gasteiger partial charge in [0.05, 0.1) is 12.2 Å². The predicted molar refractivity (Wildman–Crippen MR) is 68.5 cm³/mol. The molecule has 1 aromatic rings. The molecule has 5 heteroatoms. The van der Waals surface area contributed by atoms with Crippen LogP contribution in [-0.2, 0) is 4.74 Å². The molecule has 0 amide bonds. The molecule has 0 aromatic heterocycles. The minimum Gasteiger partial charge on any atom is -0.507 e. The molecule has 1 heterocycles. The Morgan fingerprint density at radius 3 is 2.74 bits per heavy atom. The van der Waals surface area contributed by atoms with Gasteiger partial charge in [0.2, 0.25) is 0 Å². The molecule has 0 saturated carbocycles. The smallest absolute Gasteiger partial charge is 0.163 e. The van der Waals surface area contributed by atoms with E-state index < -0.39 is 12.2 Å². The number of rotatable bonds is 4. The molecule has 2 atom stereocenters. The third-order valence-electron chi connectivity index (χ3n) is 3.20. The van der Waals surface area contributed by atoms with E-state index in [4.69, 9.17) is 14.6 Å². The van der Waals surface area contributed by atoms with Gasteiger partial charge in [-0.15, -0.1) is 0 Å². The maximum atomic E-state index is 11.4. The van der Waals surface area contributed by atoms with E-state index in [2.05, 4.69) is 6.58 Å². The highest BCUT2D eigenvalue weighted by Crippen LogP contribution is 2.43. The number of aliphatic hydroxyl groups is 1. The fourth-order valence-electron chi connectivity index (χ4n) is 2.19. The van der Waals surface area contributed by atoms with Crippen molar-refractivity contribution in [1.82, 2.24) is 0 Å². The summed E-state index contributed by atoms with van der Waals surface area (Å²) in [5.41, 5.74) is 1.32. The minimum atomic E-state index is -0.522. The van der Waals surface area contributed by atoms with Gasteiger partial charge in [-0.3, -0.25) is 4.79 Å². The van der Waals surface area contributed by atoms with Crippen molar-refractivity contribution in [1.29, 1.82) is 0 Å². The van der Waals surface area contributed by atoms with Crippen LogP contribution >= 0.6 is 0 Å². The highest BCUT2D eigenvalue weighted by molar-refractivity contribution is 5.97. The van der Waals surface area contributed by atoms with Crippen LogP contribution in [0, 0.1) is 0 Å². The lowest BCUT2D eigenvalue weighted by Gasteiger charge is -2.18. The monoisotopic (exact) mass is 264 g/mol. The summed E-state index contributed by atoms with van der Waals surface area (Å²) in [5, 5.41) is 19.0. The molecule has 0 bridgehead atoms. The zero-order valence-corrected chi connectivity index (χ0v) is 10.8. The Morgan fingerprint density at radius 2 is 2.21 bits per heavy atom. The molecule has 0 aliphatic carbocycles. The Hall–Kier alpha value is -1.85. The average molecular weight is 264 g/mol. The molecule has 2 N–H and O–H groups in total. The van der Waals surface area contributed by atoms with Gasteiger partial charge < -0.3 is 19.7 Å². The van der Waals surface area contributed by atoms with E-state index in [1.165, 1.54) is 26.2 Å². The summed E-state index contributed by atoms with van der Waals surface area (Å²) in [5.74, 6) is 0.115. The molecule has 1 aliphatic heterocycles. The Kier molecular flexibility index (Phi) is 3.59. The van der Waals surface area contributed by atoms with Gasteiger partial charge in [0.25, 0.3) is 0 Å². The largest absolute Gasteiger partial charge is 0.507 e. The first-order chi connectivity index (χ1) is 8.99.